The molecule has 1 saturated carbocycles. The van der Waals surface area contributed by atoms with Gasteiger partial charge in [-0.3, -0.25) is 0 Å². The van der Waals surface area contributed by atoms with E-state index in [0.717, 1.165) is 35.4 Å². The molecule has 1 aliphatic rings. The van der Waals surface area contributed by atoms with E-state index in [1.165, 1.54) is 0 Å². The standard InChI is InChI=1S/C16H13N3O2/c20-16(21)11-4-1-3-10(9-11)14-18-13-5-2-8-17-15(13)19(14)12-6-7-12/h1-5,8-9,12H,6-7H2,(H,20,21). The number of carboxylic acid groups (broad SMARTS) is 1. The zero-order valence-corrected chi connectivity index (χ0v) is 11.2. The van der Waals surface area contributed by atoms with Crippen LogP contribution in [-0.4, -0.2) is 25.6 Å². The molecule has 0 unspecified atom stereocenters. The Labute approximate surface area is 120 Å². The molecular formula is C16H13N3O2. The number of hydrogen-bond donors (Lipinski definition) is 1. The van der Waals surface area contributed by atoms with Gasteiger partial charge in [0.2, 0.25) is 0 Å². The molecule has 104 valence electrons. The largest absolute Gasteiger partial charge is 0.478 e. The first-order valence-electron chi connectivity index (χ1n) is 6.91. The van der Waals surface area contributed by atoms with Crippen molar-refractivity contribution in [3.63, 3.8) is 0 Å². The second-order valence-electron chi connectivity index (χ2n) is 5.27. The molecule has 1 N–H and O–H groups in total. The molecule has 0 bridgehead atoms. The average Bonchev–Trinajstić information content (AvgIpc) is 3.27. The van der Waals surface area contributed by atoms with E-state index in [-0.39, 0.29) is 5.56 Å². The summed E-state index contributed by atoms with van der Waals surface area (Å²) in [6, 6.07) is 11.1. The number of aromatic nitrogens is 3. The Balaban J connectivity index is 1.95. The Bertz CT molecular complexity index is 850. The zero-order valence-electron chi connectivity index (χ0n) is 11.2. The van der Waals surface area contributed by atoms with Crippen LogP contribution in [0.4, 0.5) is 0 Å². The Hall–Kier alpha value is -2.69. The molecule has 4 rings (SSSR count). The molecule has 0 saturated heterocycles. The van der Waals surface area contributed by atoms with Gasteiger partial charge in [-0.25, -0.2) is 14.8 Å². The van der Waals surface area contributed by atoms with Crippen LogP contribution in [0.3, 0.4) is 0 Å². The SMILES string of the molecule is O=C(O)c1cccc(-c2nc3cccnc3n2C2CC2)c1. The van der Waals surface area contributed by atoms with E-state index < -0.39 is 5.97 Å². The van der Waals surface area contributed by atoms with Crippen molar-refractivity contribution in [3.8, 4) is 11.4 Å². The first kappa shape index (κ1) is 12.1. The number of benzene rings is 1. The molecule has 1 aromatic carbocycles. The summed E-state index contributed by atoms with van der Waals surface area (Å²) >= 11 is 0. The number of carbonyl (C=O) groups is 1. The number of carboxylic acids is 1. The lowest BCUT2D eigenvalue weighted by atomic mass is 10.1. The molecule has 0 amide bonds. The van der Waals surface area contributed by atoms with Crippen molar-refractivity contribution in [3.05, 3.63) is 48.2 Å². The Morgan fingerprint density at radius 3 is 2.86 bits per heavy atom. The van der Waals surface area contributed by atoms with Gasteiger partial charge in [0, 0.05) is 17.8 Å². The molecule has 2 heterocycles. The maximum Gasteiger partial charge on any atom is 0.335 e. The van der Waals surface area contributed by atoms with Gasteiger partial charge in [0.25, 0.3) is 0 Å². The molecule has 0 aliphatic heterocycles. The summed E-state index contributed by atoms with van der Waals surface area (Å²) in [5.74, 6) is -0.127. The van der Waals surface area contributed by atoms with Crippen LogP contribution in [0, 0.1) is 0 Å². The molecule has 5 nitrogen and oxygen atoms in total. The maximum atomic E-state index is 11.1. The van der Waals surface area contributed by atoms with Gasteiger partial charge in [0.1, 0.15) is 11.3 Å². The minimum absolute atomic E-state index is 0.273. The van der Waals surface area contributed by atoms with Crippen molar-refractivity contribution in [1.82, 2.24) is 14.5 Å². The van der Waals surface area contributed by atoms with Gasteiger partial charge in [0.05, 0.1) is 5.56 Å². The molecule has 3 aromatic rings. The fraction of sp³-hybridized carbons (Fsp3) is 0.188. The van der Waals surface area contributed by atoms with Gasteiger partial charge in [-0.1, -0.05) is 12.1 Å². The molecular weight excluding hydrogens is 266 g/mol. The zero-order chi connectivity index (χ0) is 14.4. The second-order valence-corrected chi connectivity index (χ2v) is 5.27. The quantitative estimate of drug-likeness (QED) is 0.799. The van der Waals surface area contributed by atoms with E-state index in [9.17, 15) is 4.79 Å². The van der Waals surface area contributed by atoms with Crippen molar-refractivity contribution in [2.24, 2.45) is 0 Å². The third-order valence-corrected chi connectivity index (χ3v) is 3.73. The third-order valence-electron chi connectivity index (χ3n) is 3.73. The predicted octanol–water partition coefficient (Wildman–Crippen LogP) is 3.13. The lowest BCUT2D eigenvalue weighted by Crippen LogP contribution is -2.00. The molecule has 1 fully saturated rings. The number of fused-ring (bicyclic) bond motifs is 1. The van der Waals surface area contributed by atoms with Crippen LogP contribution >= 0.6 is 0 Å². The highest BCUT2D eigenvalue weighted by atomic mass is 16.4. The molecule has 21 heavy (non-hydrogen) atoms. The average molecular weight is 279 g/mol. The van der Waals surface area contributed by atoms with E-state index in [4.69, 9.17) is 5.11 Å². The van der Waals surface area contributed by atoms with Gasteiger partial charge < -0.3 is 9.67 Å². The third kappa shape index (κ3) is 1.98. The summed E-state index contributed by atoms with van der Waals surface area (Å²) in [4.78, 5) is 20.2. The monoisotopic (exact) mass is 279 g/mol. The molecule has 5 heteroatoms. The van der Waals surface area contributed by atoms with Crippen LogP contribution in [0.25, 0.3) is 22.6 Å². The number of pyridine rings is 1. The van der Waals surface area contributed by atoms with Gasteiger partial charge >= 0.3 is 5.97 Å². The summed E-state index contributed by atoms with van der Waals surface area (Å²) in [5.41, 5.74) is 2.81. The Morgan fingerprint density at radius 1 is 1.24 bits per heavy atom. The van der Waals surface area contributed by atoms with Crippen molar-refractivity contribution in [2.75, 3.05) is 0 Å². The molecule has 1 aliphatic carbocycles. The summed E-state index contributed by atoms with van der Waals surface area (Å²) in [7, 11) is 0. The number of nitrogens with zero attached hydrogens (tertiary/aromatic N) is 3. The topological polar surface area (TPSA) is 68.0 Å². The normalized spacial score (nSPS) is 14.5. The predicted molar refractivity (Wildman–Crippen MR) is 78.2 cm³/mol. The fourth-order valence-corrected chi connectivity index (χ4v) is 2.60. The van der Waals surface area contributed by atoms with Crippen LogP contribution in [0.5, 0.6) is 0 Å². The number of imidazole rings is 1. The van der Waals surface area contributed by atoms with Crippen LogP contribution in [0.2, 0.25) is 0 Å². The van der Waals surface area contributed by atoms with Gasteiger partial charge in [-0.2, -0.15) is 0 Å². The van der Waals surface area contributed by atoms with Crippen molar-refractivity contribution < 1.29 is 9.90 Å². The van der Waals surface area contributed by atoms with Crippen LogP contribution < -0.4 is 0 Å². The molecule has 0 atom stereocenters. The van der Waals surface area contributed by atoms with Crippen LogP contribution in [-0.2, 0) is 0 Å². The highest BCUT2D eigenvalue weighted by Gasteiger charge is 2.29. The fourth-order valence-electron chi connectivity index (χ4n) is 2.60. The molecule has 2 aromatic heterocycles. The van der Waals surface area contributed by atoms with Gasteiger partial charge in [0.15, 0.2) is 5.65 Å². The maximum absolute atomic E-state index is 11.1. The van der Waals surface area contributed by atoms with Crippen molar-refractivity contribution in [2.45, 2.75) is 18.9 Å². The number of rotatable bonds is 3. The van der Waals surface area contributed by atoms with Crippen molar-refractivity contribution >= 4 is 17.1 Å². The summed E-state index contributed by atoms with van der Waals surface area (Å²) in [5, 5.41) is 9.15. The van der Waals surface area contributed by atoms with Gasteiger partial charge in [-0.05, 0) is 37.1 Å². The van der Waals surface area contributed by atoms with E-state index >= 15 is 0 Å². The Morgan fingerprint density at radius 2 is 2.10 bits per heavy atom. The first-order valence-corrected chi connectivity index (χ1v) is 6.91. The Kier molecular flexibility index (Phi) is 2.54. The van der Waals surface area contributed by atoms with E-state index in [1.54, 1.807) is 24.4 Å². The van der Waals surface area contributed by atoms with Crippen LogP contribution in [0.1, 0.15) is 29.2 Å². The van der Waals surface area contributed by atoms with Crippen LogP contribution in [0.15, 0.2) is 42.6 Å². The lowest BCUT2D eigenvalue weighted by Gasteiger charge is -2.07. The molecule has 0 radical (unpaired) electrons. The van der Waals surface area contributed by atoms with Gasteiger partial charge in [-0.15, -0.1) is 0 Å². The van der Waals surface area contributed by atoms with E-state index in [2.05, 4.69) is 14.5 Å². The number of aromatic carboxylic acids is 1. The lowest BCUT2D eigenvalue weighted by molar-refractivity contribution is 0.0697. The highest BCUT2D eigenvalue weighted by Crippen LogP contribution is 2.40. The summed E-state index contributed by atoms with van der Waals surface area (Å²) < 4.78 is 2.14. The number of hydrogen-bond acceptors (Lipinski definition) is 3. The van der Waals surface area contributed by atoms with E-state index in [1.807, 2.05) is 18.2 Å². The summed E-state index contributed by atoms with van der Waals surface area (Å²) in [6.07, 6.45) is 4.00. The minimum atomic E-state index is -0.927. The second kappa shape index (κ2) is 4.41. The molecule has 0 spiro atoms. The smallest absolute Gasteiger partial charge is 0.335 e. The first-order chi connectivity index (χ1) is 10.2. The summed E-state index contributed by atoms with van der Waals surface area (Å²) in [6.45, 7) is 0. The minimum Gasteiger partial charge on any atom is -0.478 e. The highest BCUT2D eigenvalue weighted by molar-refractivity contribution is 5.89. The van der Waals surface area contributed by atoms with E-state index in [0.29, 0.717) is 6.04 Å². The van der Waals surface area contributed by atoms with Crippen molar-refractivity contribution in [1.29, 1.82) is 0 Å².